The van der Waals surface area contributed by atoms with Crippen LogP contribution in [0.1, 0.15) is 41.6 Å². The van der Waals surface area contributed by atoms with Crippen LogP contribution < -0.4 is 15.4 Å². The number of carboxylic acid groups (broad SMARTS) is 1. The zero-order chi connectivity index (χ0) is 32.6. The van der Waals surface area contributed by atoms with Gasteiger partial charge in [0.05, 0.1) is 29.5 Å². The predicted octanol–water partition coefficient (Wildman–Crippen LogP) is 7.78. The van der Waals surface area contributed by atoms with Crippen molar-refractivity contribution in [2.75, 3.05) is 17.7 Å². The fourth-order valence-corrected chi connectivity index (χ4v) is 5.55. The van der Waals surface area contributed by atoms with Gasteiger partial charge in [-0.3, -0.25) is 9.59 Å². The van der Waals surface area contributed by atoms with Crippen LogP contribution in [-0.4, -0.2) is 35.0 Å². The summed E-state index contributed by atoms with van der Waals surface area (Å²) in [5, 5.41) is 14.6. The number of hydrogen-bond donors (Lipinski definition) is 3. The molecule has 2 aromatic heterocycles. The minimum absolute atomic E-state index is 0.0188. The number of nitrogens with one attached hydrogen (secondary N) is 2. The molecule has 0 aliphatic carbocycles. The number of aryl methyl sites for hydroxylation is 1. The van der Waals surface area contributed by atoms with Gasteiger partial charge in [-0.1, -0.05) is 6.07 Å². The highest BCUT2D eigenvalue weighted by Crippen LogP contribution is 2.38. The lowest BCUT2D eigenvalue weighted by molar-refractivity contribution is -0.139. The second kappa shape index (κ2) is 12.0. The summed E-state index contributed by atoms with van der Waals surface area (Å²) < 4.78 is 73.6. The molecule has 0 bridgehead atoms. The number of hydrogen-bond acceptors (Lipinski definition) is 6. The second-order valence-electron chi connectivity index (χ2n) is 9.63. The molecule has 230 valence electrons. The smallest absolute Gasteiger partial charge is 0.419 e. The van der Waals surface area contributed by atoms with Gasteiger partial charge in [-0.05, 0) is 73.2 Å². The van der Waals surface area contributed by atoms with E-state index in [9.17, 15) is 41.4 Å². The number of benzene rings is 3. The molecular weight excluding hydrogens is 621 g/mol. The number of methoxy groups -OCH3 is 1. The van der Waals surface area contributed by atoms with Crippen molar-refractivity contribution in [2.45, 2.75) is 13.1 Å². The molecule has 5 aromatic rings. The maximum Gasteiger partial charge on any atom is 0.419 e. The van der Waals surface area contributed by atoms with E-state index >= 15 is 0 Å². The highest BCUT2D eigenvalue weighted by Gasteiger charge is 2.34. The quantitative estimate of drug-likeness (QED) is 0.156. The van der Waals surface area contributed by atoms with Crippen LogP contribution in [0.15, 0.2) is 66.7 Å². The van der Waals surface area contributed by atoms with Gasteiger partial charge in [-0.25, -0.2) is 18.6 Å². The number of aromatic nitrogens is 1. The molecule has 0 atom stereocenters. The number of carbonyl (C=O) groups is 3. The molecule has 0 unspecified atom stereocenters. The number of nitrogens with zero attached hydrogens (tertiary/aromatic N) is 1. The molecule has 3 N–H and O–H groups in total. The van der Waals surface area contributed by atoms with E-state index in [0.717, 1.165) is 35.6 Å². The molecule has 0 aliphatic rings. The Morgan fingerprint density at radius 2 is 1.62 bits per heavy atom. The van der Waals surface area contributed by atoms with Crippen molar-refractivity contribution in [3.63, 3.8) is 0 Å². The Morgan fingerprint density at radius 3 is 2.31 bits per heavy atom. The third-order valence-corrected chi connectivity index (χ3v) is 7.74. The second-order valence-corrected chi connectivity index (χ2v) is 10.6. The summed E-state index contributed by atoms with van der Waals surface area (Å²) in [6, 6.07) is 12.5. The summed E-state index contributed by atoms with van der Waals surface area (Å²) in [6.07, 6.45) is -5.01. The third-order valence-electron chi connectivity index (χ3n) is 6.64. The largest absolute Gasteiger partial charge is 0.496 e. The molecule has 8 nitrogen and oxygen atoms in total. The van der Waals surface area contributed by atoms with E-state index in [1.165, 1.54) is 25.3 Å². The number of carboxylic acids is 1. The molecule has 0 radical (unpaired) electrons. The minimum atomic E-state index is -5.01. The van der Waals surface area contributed by atoms with Crippen molar-refractivity contribution in [1.82, 2.24) is 4.98 Å². The van der Waals surface area contributed by atoms with Gasteiger partial charge in [0.1, 0.15) is 27.1 Å². The van der Waals surface area contributed by atoms with Gasteiger partial charge in [0, 0.05) is 22.3 Å². The first kappa shape index (κ1) is 31.1. The third kappa shape index (κ3) is 6.31. The van der Waals surface area contributed by atoms with Gasteiger partial charge in [-0.15, -0.1) is 11.3 Å². The lowest BCUT2D eigenvalue weighted by Crippen LogP contribution is -2.18. The molecule has 0 saturated heterocycles. The normalized spacial score (nSPS) is 11.4. The monoisotopic (exact) mass is 641 g/mol. The number of rotatable bonds is 7. The Labute approximate surface area is 255 Å². The average Bonchev–Trinajstić information content (AvgIpc) is 3.34. The van der Waals surface area contributed by atoms with Crippen molar-refractivity contribution in [3.8, 4) is 16.9 Å². The number of pyridine rings is 1. The summed E-state index contributed by atoms with van der Waals surface area (Å²) in [5.74, 6) is -5.18. The Bertz CT molecular complexity index is 2010. The first-order valence-electron chi connectivity index (χ1n) is 12.9. The van der Waals surface area contributed by atoms with Crippen LogP contribution in [0.25, 0.3) is 21.3 Å². The Kier molecular flexibility index (Phi) is 8.26. The molecule has 0 saturated carbocycles. The molecule has 2 heterocycles. The lowest BCUT2D eigenvalue weighted by Gasteiger charge is -2.14. The number of fused-ring (bicyclic) bond motifs is 1. The summed E-state index contributed by atoms with van der Waals surface area (Å²) in [5.41, 5.74) is -1.56. The van der Waals surface area contributed by atoms with Gasteiger partial charge in [0.2, 0.25) is 0 Å². The van der Waals surface area contributed by atoms with Crippen molar-refractivity contribution in [3.05, 3.63) is 106 Å². The standard InChI is InChI=1S/C31H20F5N3O5S/c1-14-3-7-18-25(26(45-29(18)37-14)28(41)38-17-6-9-23(33)21(13-17)31(34,35)36)39-27(40)20-11-15(5-10-24(20)44-2)19-12-16(30(42)43)4-8-22(19)32/h3-13H,1-2H3,(H,38,41)(H,39,40)(H,42,43). The predicted molar refractivity (Wildman–Crippen MR) is 157 cm³/mol. The van der Waals surface area contributed by atoms with E-state index in [-0.39, 0.29) is 44.3 Å². The summed E-state index contributed by atoms with van der Waals surface area (Å²) in [7, 11) is 1.29. The van der Waals surface area contributed by atoms with E-state index in [4.69, 9.17) is 4.74 Å². The van der Waals surface area contributed by atoms with Gasteiger partial charge in [-0.2, -0.15) is 13.2 Å². The van der Waals surface area contributed by atoms with E-state index in [0.29, 0.717) is 28.0 Å². The van der Waals surface area contributed by atoms with Gasteiger partial charge in [0.25, 0.3) is 11.8 Å². The minimum Gasteiger partial charge on any atom is -0.496 e. The fourth-order valence-electron chi connectivity index (χ4n) is 4.48. The van der Waals surface area contributed by atoms with Crippen LogP contribution in [0.5, 0.6) is 5.75 Å². The number of thiophene rings is 1. The van der Waals surface area contributed by atoms with Crippen LogP contribution >= 0.6 is 11.3 Å². The van der Waals surface area contributed by atoms with Crippen molar-refractivity contribution < 1.29 is 46.2 Å². The Hall–Kier alpha value is -5.37. The molecule has 5 rings (SSSR count). The summed E-state index contributed by atoms with van der Waals surface area (Å²) in [6.45, 7) is 1.70. The first-order valence-corrected chi connectivity index (χ1v) is 13.7. The van der Waals surface area contributed by atoms with Gasteiger partial charge >= 0.3 is 12.1 Å². The summed E-state index contributed by atoms with van der Waals surface area (Å²) >= 11 is 0.861. The van der Waals surface area contributed by atoms with Crippen LogP contribution in [0.2, 0.25) is 0 Å². The van der Waals surface area contributed by atoms with Crippen molar-refractivity contribution in [2.24, 2.45) is 0 Å². The molecule has 45 heavy (non-hydrogen) atoms. The van der Waals surface area contributed by atoms with Crippen molar-refractivity contribution in [1.29, 1.82) is 0 Å². The molecule has 3 aromatic carbocycles. The first-order chi connectivity index (χ1) is 21.3. The number of halogens is 5. The van der Waals surface area contributed by atoms with Crippen LogP contribution in [0, 0.1) is 18.6 Å². The van der Waals surface area contributed by atoms with E-state index in [1.54, 1.807) is 19.1 Å². The fraction of sp³-hybridized carbons (Fsp3) is 0.0968. The van der Waals surface area contributed by atoms with Crippen LogP contribution in [0.3, 0.4) is 0 Å². The molecule has 0 aliphatic heterocycles. The zero-order valence-corrected chi connectivity index (χ0v) is 24.0. The highest BCUT2D eigenvalue weighted by molar-refractivity contribution is 7.21. The number of ether oxygens (including phenoxy) is 1. The number of aromatic carboxylic acids is 1. The maximum absolute atomic E-state index is 14.7. The van der Waals surface area contributed by atoms with E-state index in [1.807, 2.05) is 0 Å². The van der Waals surface area contributed by atoms with E-state index in [2.05, 4.69) is 15.6 Å². The topological polar surface area (TPSA) is 118 Å². The zero-order valence-electron chi connectivity index (χ0n) is 23.2. The lowest BCUT2D eigenvalue weighted by atomic mass is 9.99. The van der Waals surface area contributed by atoms with E-state index < -0.39 is 41.2 Å². The Balaban J connectivity index is 1.55. The number of carbonyl (C=O) groups excluding carboxylic acids is 2. The molecular formula is C31H20F5N3O5S. The molecule has 14 heteroatoms. The molecule has 2 amide bonds. The SMILES string of the molecule is COc1ccc(-c2cc(C(=O)O)ccc2F)cc1C(=O)Nc1c(C(=O)Nc2ccc(F)c(C(F)(F)F)c2)sc2nc(C)ccc12. The van der Waals surface area contributed by atoms with Crippen LogP contribution in [0.4, 0.5) is 33.3 Å². The number of amides is 2. The number of anilines is 2. The maximum atomic E-state index is 14.7. The highest BCUT2D eigenvalue weighted by atomic mass is 32.1. The number of alkyl halides is 3. The summed E-state index contributed by atoms with van der Waals surface area (Å²) in [4.78, 5) is 43.1. The molecule has 0 fully saturated rings. The van der Waals surface area contributed by atoms with Gasteiger partial charge < -0.3 is 20.5 Å². The average molecular weight is 642 g/mol. The van der Waals surface area contributed by atoms with Crippen LogP contribution in [-0.2, 0) is 6.18 Å². The van der Waals surface area contributed by atoms with Crippen molar-refractivity contribution >= 4 is 50.7 Å². The Morgan fingerprint density at radius 1 is 0.889 bits per heavy atom. The molecule has 0 spiro atoms. The van der Waals surface area contributed by atoms with Gasteiger partial charge in [0.15, 0.2) is 0 Å².